The first kappa shape index (κ1) is 17.1. The summed E-state index contributed by atoms with van der Waals surface area (Å²) < 4.78 is 50.1. The van der Waals surface area contributed by atoms with Crippen molar-refractivity contribution < 1.29 is 22.5 Å². The van der Waals surface area contributed by atoms with E-state index in [1.807, 2.05) is 27.7 Å². The quantitative estimate of drug-likeness (QED) is 0.739. The molecule has 1 heterocycles. The van der Waals surface area contributed by atoms with Gasteiger partial charge in [-0.1, -0.05) is 11.6 Å². The minimum Gasteiger partial charge on any atom is -0.399 e. The first-order valence-electron chi connectivity index (χ1n) is 6.55. The van der Waals surface area contributed by atoms with Gasteiger partial charge < -0.3 is 9.31 Å². The zero-order valence-corrected chi connectivity index (χ0v) is 13.3. The molecule has 0 radical (unpaired) electrons. The van der Waals surface area contributed by atoms with E-state index in [-0.39, 0.29) is 11.0 Å². The standard InChI is InChI=1S/C14H14BClF3NO2/c1-12(2)13(3,4)22-15(21-12)10-6-11(16)9(14(17,18)19)5-8(10)7-20/h5-6H,1-4H3. The van der Waals surface area contributed by atoms with Gasteiger partial charge in [0, 0.05) is 5.46 Å². The molecule has 1 aromatic carbocycles. The van der Waals surface area contributed by atoms with Crippen LogP contribution >= 0.6 is 11.6 Å². The number of halogens is 4. The van der Waals surface area contributed by atoms with Crippen molar-refractivity contribution in [1.82, 2.24) is 0 Å². The van der Waals surface area contributed by atoms with Crippen LogP contribution in [-0.2, 0) is 15.5 Å². The topological polar surface area (TPSA) is 42.2 Å². The number of nitrogens with zero attached hydrogens (tertiary/aromatic N) is 1. The summed E-state index contributed by atoms with van der Waals surface area (Å²) in [5.41, 5.74) is -2.36. The Morgan fingerprint density at radius 2 is 1.64 bits per heavy atom. The predicted molar refractivity (Wildman–Crippen MR) is 76.9 cm³/mol. The van der Waals surface area contributed by atoms with Gasteiger partial charge >= 0.3 is 13.3 Å². The number of benzene rings is 1. The van der Waals surface area contributed by atoms with E-state index in [0.717, 1.165) is 12.1 Å². The molecule has 1 aliphatic rings. The Morgan fingerprint density at radius 3 is 2.05 bits per heavy atom. The monoisotopic (exact) mass is 331 g/mol. The van der Waals surface area contributed by atoms with Crippen LogP contribution in [0.4, 0.5) is 13.2 Å². The van der Waals surface area contributed by atoms with Gasteiger partial charge in [0.1, 0.15) is 0 Å². The largest absolute Gasteiger partial charge is 0.496 e. The van der Waals surface area contributed by atoms with Gasteiger partial charge in [-0.05, 0) is 39.8 Å². The molecule has 0 aromatic heterocycles. The molecule has 1 fully saturated rings. The van der Waals surface area contributed by atoms with Crippen molar-refractivity contribution in [2.75, 3.05) is 0 Å². The third-order valence-corrected chi connectivity index (χ3v) is 4.38. The number of hydrogen-bond acceptors (Lipinski definition) is 3. The maximum absolute atomic E-state index is 12.9. The zero-order valence-electron chi connectivity index (χ0n) is 12.5. The molecular formula is C14H14BClF3NO2. The summed E-state index contributed by atoms with van der Waals surface area (Å²) >= 11 is 5.72. The lowest BCUT2D eigenvalue weighted by molar-refractivity contribution is -0.137. The average Bonchev–Trinajstić information content (AvgIpc) is 2.56. The summed E-state index contributed by atoms with van der Waals surface area (Å²) in [5.74, 6) is 0. The normalized spacial score (nSPS) is 20.0. The average molecular weight is 332 g/mol. The summed E-state index contributed by atoms with van der Waals surface area (Å²) in [7, 11) is -0.945. The van der Waals surface area contributed by atoms with Gasteiger partial charge in [0.05, 0.1) is 33.4 Å². The fraction of sp³-hybridized carbons (Fsp3) is 0.500. The molecule has 0 aliphatic carbocycles. The molecule has 22 heavy (non-hydrogen) atoms. The third kappa shape index (κ3) is 2.83. The Balaban J connectivity index is 2.51. The molecule has 2 rings (SSSR count). The van der Waals surface area contributed by atoms with Crippen molar-refractivity contribution >= 4 is 24.2 Å². The molecule has 1 aromatic rings. The predicted octanol–water partition coefficient (Wildman–Crippen LogP) is 3.53. The molecule has 0 bridgehead atoms. The number of nitriles is 1. The van der Waals surface area contributed by atoms with E-state index in [4.69, 9.17) is 26.2 Å². The van der Waals surface area contributed by atoms with Gasteiger partial charge in [-0.3, -0.25) is 0 Å². The van der Waals surface area contributed by atoms with E-state index in [2.05, 4.69) is 0 Å². The molecule has 0 amide bonds. The van der Waals surface area contributed by atoms with E-state index in [0.29, 0.717) is 0 Å². The Morgan fingerprint density at radius 1 is 1.14 bits per heavy atom. The maximum Gasteiger partial charge on any atom is 0.496 e. The summed E-state index contributed by atoms with van der Waals surface area (Å²) in [4.78, 5) is 0. The molecule has 0 N–H and O–H groups in total. The molecule has 0 atom stereocenters. The second-order valence-electron chi connectivity index (χ2n) is 6.12. The van der Waals surface area contributed by atoms with Crippen LogP contribution in [-0.4, -0.2) is 18.3 Å². The molecule has 8 heteroatoms. The van der Waals surface area contributed by atoms with Gasteiger partial charge in [-0.15, -0.1) is 0 Å². The van der Waals surface area contributed by atoms with E-state index < -0.39 is 35.1 Å². The van der Waals surface area contributed by atoms with Crippen LogP contribution < -0.4 is 5.46 Å². The number of alkyl halides is 3. The first-order valence-corrected chi connectivity index (χ1v) is 6.93. The minimum atomic E-state index is -4.63. The molecule has 0 unspecified atom stereocenters. The van der Waals surface area contributed by atoms with Crippen LogP contribution in [0.2, 0.25) is 5.02 Å². The van der Waals surface area contributed by atoms with Crippen molar-refractivity contribution in [1.29, 1.82) is 5.26 Å². The van der Waals surface area contributed by atoms with Gasteiger partial charge in [0.15, 0.2) is 0 Å². The molecule has 3 nitrogen and oxygen atoms in total. The van der Waals surface area contributed by atoms with Gasteiger partial charge in [0.2, 0.25) is 0 Å². The summed E-state index contributed by atoms with van der Waals surface area (Å²) in [6, 6.07) is 3.56. The second-order valence-corrected chi connectivity index (χ2v) is 6.52. The highest BCUT2D eigenvalue weighted by atomic mass is 35.5. The fourth-order valence-electron chi connectivity index (χ4n) is 2.07. The van der Waals surface area contributed by atoms with Crippen LogP contribution in [0, 0.1) is 11.3 Å². The smallest absolute Gasteiger partial charge is 0.399 e. The highest BCUT2D eigenvalue weighted by Gasteiger charge is 2.52. The second kappa shape index (κ2) is 5.15. The lowest BCUT2D eigenvalue weighted by atomic mass is 9.75. The van der Waals surface area contributed by atoms with Crippen LogP contribution in [0.25, 0.3) is 0 Å². The lowest BCUT2D eigenvalue weighted by Crippen LogP contribution is -2.41. The molecule has 0 spiro atoms. The van der Waals surface area contributed by atoms with Crippen molar-refractivity contribution in [2.24, 2.45) is 0 Å². The van der Waals surface area contributed by atoms with Crippen LogP contribution in [0.3, 0.4) is 0 Å². The van der Waals surface area contributed by atoms with Gasteiger partial charge in [0.25, 0.3) is 0 Å². The fourth-order valence-corrected chi connectivity index (χ4v) is 2.35. The molecular weight excluding hydrogens is 317 g/mol. The molecule has 1 aliphatic heterocycles. The van der Waals surface area contributed by atoms with E-state index in [1.165, 1.54) is 0 Å². The third-order valence-electron chi connectivity index (χ3n) is 4.07. The SMILES string of the molecule is CC1(C)OB(c2cc(Cl)c(C(F)(F)F)cc2C#N)OC1(C)C. The van der Waals surface area contributed by atoms with Crippen molar-refractivity contribution in [3.05, 3.63) is 28.3 Å². The Labute approximate surface area is 132 Å². The van der Waals surface area contributed by atoms with Crippen LogP contribution in [0.1, 0.15) is 38.8 Å². The molecule has 118 valence electrons. The first-order chi connectivity index (χ1) is 9.89. The number of hydrogen-bond donors (Lipinski definition) is 0. The Kier molecular flexibility index (Phi) is 4.01. The summed E-state index contributed by atoms with van der Waals surface area (Å²) in [6.45, 7) is 7.24. The van der Waals surface area contributed by atoms with Crippen LogP contribution in [0.15, 0.2) is 12.1 Å². The highest BCUT2D eigenvalue weighted by molar-refractivity contribution is 6.63. The van der Waals surface area contributed by atoms with Gasteiger partial charge in [-0.2, -0.15) is 18.4 Å². The van der Waals surface area contributed by atoms with E-state index in [9.17, 15) is 13.2 Å². The molecule has 1 saturated heterocycles. The highest BCUT2D eigenvalue weighted by Crippen LogP contribution is 2.38. The number of rotatable bonds is 1. The molecule has 0 saturated carbocycles. The Bertz CT molecular complexity index is 637. The maximum atomic E-state index is 12.9. The van der Waals surface area contributed by atoms with Gasteiger partial charge in [-0.25, -0.2) is 0 Å². The summed E-state index contributed by atoms with van der Waals surface area (Å²) in [5, 5.41) is 8.66. The minimum absolute atomic E-state index is 0.171. The van der Waals surface area contributed by atoms with Crippen molar-refractivity contribution in [3.8, 4) is 6.07 Å². The van der Waals surface area contributed by atoms with E-state index in [1.54, 1.807) is 6.07 Å². The Hall–Kier alpha value is -1.23. The van der Waals surface area contributed by atoms with Crippen molar-refractivity contribution in [2.45, 2.75) is 45.1 Å². The van der Waals surface area contributed by atoms with Crippen LogP contribution in [0.5, 0.6) is 0 Å². The lowest BCUT2D eigenvalue weighted by Gasteiger charge is -2.32. The zero-order chi connectivity index (χ0) is 16.9. The summed E-state index contributed by atoms with van der Waals surface area (Å²) in [6.07, 6.45) is -4.63. The van der Waals surface area contributed by atoms with E-state index >= 15 is 0 Å². The van der Waals surface area contributed by atoms with Crippen molar-refractivity contribution in [3.63, 3.8) is 0 Å².